The van der Waals surface area contributed by atoms with Crippen molar-refractivity contribution in [3.05, 3.63) is 44.3 Å². The molecule has 9 heteroatoms. The van der Waals surface area contributed by atoms with E-state index < -0.39 is 22.3 Å². The van der Waals surface area contributed by atoms with Gasteiger partial charge in [-0.15, -0.1) is 11.3 Å². The summed E-state index contributed by atoms with van der Waals surface area (Å²) in [6, 6.07) is 3.52. The number of thiazole rings is 1. The van der Waals surface area contributed by atoms with Crippen LogP contribution in [0.2, 0.25) is 0 Å². The van der Waals surface area contributed by atoms with Gasteiger partial charge in [0, 0.05) is 23.1 Å². The van der Waals surface area contributed by atoms with Gasteiger partial charge in [0.15, 0.2) is 5.01 Å². The maximum atomic E-state index is 12.5. The van der Waals surface area contributed by atoms with Gasteiger partial charge in [-0.2, -0.15) is 0 Å². The SMILES string of the molecule is COC(=O)c1cc(-c2csc(C(F)F)n2)cc([N+](=O)[O-])c1. The zero-order chi connectivity index (χ0) is 15.6. The second kappa shape index (κ2) is 5.92. The van der Waals surface area contributed by atoms with E-state index in [0.29, 0.717) is 0 Å². The third-order valence-corrected chi connectivity index (χ3v) is 3.41. The number of benzene rings is 1. The molecule has 0 saturated heterocycles. The lowest BCUT2D eigenvalue weighted by molar-refractivity contribution is -0.384. The van der Waals surface area contributed by atoms with E-state index in [-0.39, 0.29) is 22.5 Å². The van der Waals surface area contributed by atoms with Gasteiger partial charge in [-0.1, -0.05) is 0 Å². The number of non-ortho nitro benzene ring substituents is 1. The van der Waals surface area contributed by atoms with Crippen LogP contribution in [0.15, 0.2) is 23.6 Å². The van der Waals surface area contributed by atoms with E-state index in [1.807, 2.05) is 0 Å². The Hall–Kier alpha value is -2.42. The van der Waals surface area contributed by atoms with Crippen molar-refractivity contribution in [1.29, 1.82) is 0 Å². The molecule has 0 unspecified atom stereocenters. The van der Waals surface area contributed by atoms with Gasteiger partial charge >= 0.3 is 5.97 Å². The monoisotopic (exact) mass is 314 g/mol. The molecule has 21 heavy (non-hydrogen) atoms. The van der Waals surface area contributed by atoms with Gasteiger partial charge in [-0.25, -0.2) is 18.6 Å². The highest BCUT2D eigenvalue weighted by Crippen LogP contribution is 2.30. The molecule has 0 fully saturated rings. The molecule has 2 rings (SSSR count). The zero-order valence-electron chi connectivity index (χ0n) is 10.6. The van der Waals surface area contributed by atoms with Gasteiger partial charge < -0.3 is 4.74 Å². The van der Waals surface area contributed by atoms with Crippen LogP contribution in [0.25, 0.3) is 11.3 Å². The Morgan fingerprint density at radius 2 is 2.14 bits per heavy atom. The van der Waals surface area contributed by atoms with Crippen LogP contribution in [0.1, 0.15) is 21.8 Å². The fourth-order valence-corrected chi connectivity index (χ4v) is 2.30. The van der Waals surface area contributed by atoms with Crippen LogP contribution >= 0.6 is 11.3 Å². The first-order valence-corrected chi connectivity index (χ1v) is 6.42. The predicted molar refractivity (Wildman–Crippen MR) is 70.5 cm³/mol. The van der Waals surface area contributed by atoms with Crippen LogP contribution in [-0.4, -0.2) is 23.0 Å². The average Bonchev–Trinajstić information content (AvgIpc) is 2.96. The quantitative estimate of drug-likeness (QED) is 0.490. The number of alkyl halides is 2. The normalized spacial score (nSPS) is 10.7. The Labute approximate surface area is 121 Å². The Balaban J connectivity index is 2.53. The number of ether oxygens (including phenoxy) is 1. The molecule has 0 radical (unpaired) electrons. The van der Waals surface area contributed by atoms with Crippen molar-refractivity contribution in [2.75, 3.05) is 7.11 Å². The van der Waals surface area contributed by atoms with Gasteiger partial charge in [-0.3, -0.25) is 10.1 Å². The number of nitrogens with zero attached hydrogens (tertiary/aromatic N) is 2. The summed E-state index contributed by atoms with van der Waals surface area (Å²) >= 11 is 0.740. The van der Waals surface area contributed by atoms with Crippen LogP contribution in [0, 0.1) is 10.1 Å². The number of esters is 1. The topological polar surface area (TPSA) is 82.3 Å². The summed E-state index contributed by atoms with van der Waals surface area (Å²) in [7, 11) is 1.14. The minimum Gasteiger partial charge on any atom is -0.465 e. The largest absolute Gasteiger partial charge is 0.465 e. The number of aromatic nitrogens is 1. The summed E-state index contributed by atoms with van der Waals surface area (Å²) in [6.07, 6.45) is -2.72. The molecule has 0 bridgehead atoms. The molecule has 0 atom stereocenters. The summed E-state index contributed by atoms with van der Waals surface area (Å²) in [6.45, 7) is 0. The standard InChI is InChI=1S/C12H8F2N2O4S/c1-20-12(17)7-2-6(3-8(4-7)16(18)19)9-5-21-11(15-9)10(13)14/h2-5,10H,1H3. The fourth-order valence-electron chi connectivity index (χ4n) is 1.62. The molecule has 0 amide bonds. The fraction of sp³-hybridized carbons (Fsp3) is 0.167. The van der Waals surface area contributed by atoms with Crippen LogP contribution in [0.4, 0.5) is 14.5 Å². The summed E-state index contributed by atoms with van der Waals surface area (Å²) in [5.41, 5.74) is -0.0512. The van der Waals surface area contributed by atoms with Crippen molar-refractivity contribution < 1.29 is 23.2 Å². The molecule has 1 aromatic carbocycles. The highest BCUT2D eigenvalue weighted by molar-refractivity contribution is 7.10. The highest BCUT2D eigenvalue weighted by Gasteiger charge is 2.18. The number of hydrogen-bond acceptors (Lipinski definition) is 6. The van der Waals surface area contributed by atoms with E-state index >= 15 is 0 Å². The molecular weight excluding hydrogens is 306 g/mol. The van der Waals surface area contributed by atoms with Gasteiger partial charge in [0.2, 0.25) is 0 Å². The second-order valence-electron chi connectivity index (χ2n) is 3.89. The molecule has 0 N–H and O–H groups in total. The third kappa shape index (κ3) is 3.19. The summed E-state index contributed by atoms with van der Waals surface area (Å²) in [5, 5.41) is 11.8. The second-order valence-corrected chi connectivity index (χ2v) is 4.78. The van der Waals surface area contributed by atoms with Gasteiger partial charge in [0.1, 0.15) is 0 Å². The predicted octanol–water partition coefficient (Wildman–Crippen LogP) is 3.44. The number of nitro groups is 1. The van der Waals surface area contributed by atoms with Crippen molar-refractivity contribution in [2.24, 2.45) is 0 Å². The van der Waals surface area contributed by atoms with E-state index in [9.17, 15) is 23.7 Å². The minimum absolute atomic E-state index is 0.0479. The lowest BCUT2D eigenvalue weighted by Gasteiger charge is -2.03. The number of halogens is 2. The maximum absolute atomic E-state index is 12.5. The van der Waals surface area contributed by atoms with E-state index in [1.165, 1.54) is 11.4 Å². The number of methoxy groups -OCH3 is 1. The molecule has 0 aliphatic heterocycles. The van der Waals surface area contributed by atoms with Crippen LogP contribution in [0.3, 0.4) is 0 Å². The van der Waals surface area contributed by atoms with Crippen LogP contribution in [-0.2, 0) is 4.74 Å². The Morgan fingerprint density at radius 3 is 2.67 bits per heavy atom. The Kier molecular flexibility index (Phi) is 4.22. The summed E-state index contributed by atoms with van der Waals surface area (Å²) < 4.78 is 29.6. The van der Waals surface area contributed by atoms with Crippen molar-refractivity contribution in [3.8, 4) is 11.3 Å². The first-order chi connectivity index (χ1) is 9.92. The smallest absolute Gasteiger partial charge is 0.338 e. The maximum Gasteiger partial charge on any atom is 0.338 e. The Bertz CT molecular complexity index is 702. The number of rotatable bonds is 4. The number of carbonyl (C=O) groups is 1. The molecule has 2 aromatic rings. The number of nitro benzene ring substituents is 1. The first-order valence-electron chi connectivity index (χ1n) is 5.54. The van der Waals surface area contributed by atoms with Crippen molar-refractivity contribution in [1.82, 2.24) is 4.98 Å². The van der Waals surface area contributed by atoms with E-state index in [2.05, 4.69) is 9.72 Å². The molecule has 0 saturated carbocycles. The summed E-state index contributed by atoms with van der Waals surface area (Å²) in [5.74, 6) is -0.760. The molecule has 1 aromatic heterocycles. The lowest BCUT2D eigenvalue weighted by atomic mass is 10.1. The van der Waals surface area contributed by atoms with Gasteiger partial charge in [0.05, 0.1) is 23.3 Å². The zero-order valence-corrected chi connectivity index (χ0v) is 11.4. The molecule has 110 valence electrons. The third-order valence-electron chi connectivity index (χ3n) is 2.55. The lowest BCUT2D eigenvalue weighted by Crippen LogP contribution is -2.02. The van der Waals surface area contributed by atoms with Gasteiger partial charge in [-0.05, 0) is 6.07 Å². The number of hydrogen-bond donors (Lipinski definition) is 0. The molecule has 6 nitrogen and oxygen atoms in total. The van der Waals surface area contributed by atoms with Crippen molar-refractivity contribution >= 4 is 23.0 Å². The highest BCUT2D eigenvalue weighted by atomic mass is 32.1. The van der Waals surface area contributed by atoms with Gasteiger partial charge in [0.25, 0.3) is 12.1 Å². The first kappa shape index (κ1) is 15.0. The molecule has 0 spiro atoms. The Morgan fingerprint density at radius 1 is 1.43 bits per heavy atom. The van der Waals surface area contributed by atoms with Crippen molar-refractivity contribution in [2.45, 2.75) is 6.43 Å². The van der Waals surface area contributed by atoms with E-state index in [4.69, 9.17) is 0 Å². The number of carbonyl (C=O) groups excluding carboxylic acids is 1. The molecule has 0 aliphatic carbocycles. The van der Waals surface area contributed by atoms with Crippen molar-refractivity contribution in [3.63, 3.8) is 0 Å². The minimum atomic E-state index is -2.72. The molecule has 1 heterocycles. The van der Waals surface area contributed by atoms with Crippen LogP contribution < -0.4 is 0 Å². The summed E-state index contributed by atoms with van der Waals surface area (Å²) in [4.78, 5) is 25.4. The van der Waals surface area contributed by atoms with E-state index in [0.717, 1.165) is 30.6 Å². The van der Waals surface area contributed by atoms with E-state index in [1.54, 1.807) is 0 Å². The van der Waals surface area contributed by atoms with Crippen LogP contribution in [0.5, 0.6) is 0 Å². The molecular formula is C12H8F2N2O4S. The molecule has 0 aliphatic rings. The average molecular weight is 314 g/mol.